The van der Waals surface area contributed by atoms with Crippen molar-refractivity contribution in [2.45, 2.75) is 13.3 Å². The van der Waals surface area contributed by atoms with Gasteiger partial charge in [-0.1, -0.05) is 11.8 Å². The fourth-order valence-electron chi connectivity index (χ4n) is 1.13. The third-order valence-electron chi connectivity index (χ3n) is 1.92. The van der Waals surface area contributed by atoms with Crippen LogP contribution in [0.1, 0.15) is 18.9 Å². The van der Waals surface area contributed by atoms with Gasteiger partial charge in [-0.3, -0.25) is 19.9 Å². The summed E-state index contributed by atoms with van der Waals surface area (Å²) in [6.45, 7) is 1.97. The monoisotopic (exact) mass is 249 g/mol. The number of carbonyl (C=O) groups excluding carboxylic acids is 1. The molecule has 7 heteroatoms. The van der Waals surface area contributed by atoms with E-state index in [0.29, 0.717) is 0 Å². The van der Waals surface area contributed by atoms with Gasteiger partial charge >= 0.3 is 11.7 Å². The smallest absolute Gasteiger partial charge is 0.317 e. The minimum atomic E-state index is -0.640. The highest BCUT2D eigenvalue weighted by atomic mass is 16.6. The summed E-state index contributed by atoms with van der Waals surface area (Å²) in [5, 5.41) is 10.6. The molecule has 0 atom stereocenters. The van der Waals surface area contributed by atoms with Crippen molar-refractivity contribution in [1.29, 1.82) is 0 Å². The zero-order valence-corrected chi connectivity index (χ0v) is 9.67. The van der Waals surface area contributed by atoms with Gasteiger partial charge in [0.2, 0.25) is 0 Å². The van der Waals surface area contributed by atoms with E-state index in [4.69, 9.17) is 5.73 Å². The van der Waals surface area contributed by atoms with Gasteiger partial charge in [0, 0.05) is 6.20 Å². The van der Waals surface area contributed by atoms with Gasteiger partial charge in [-0.25, -0.2) is 0 Å². The fraction of sp³-hybridized carbons (Fsp3) is 0.273. The van der Waals surface area contributed by atoms with E-state index in [1.807, 2.05) is 0 Å². The molecule has 0 unspecified atom stereocenters. The summed E-state index contributed by atoms with van der Waals surface area (Å²) in [5.74, 6) is 4.62. The van der Waals surface area contributed by atoms with Gasteiger partial charge in [-0.2, -0.15) is 0 Å². The topological polar surface area (TPSA) is 108 Å². The van der Waals surface area contributed by atoms with Crippen LogP contribution in [0.5, 0.6) is 0 Å². The van der Waals surface area contributed by atoms with E-state index in [1.54, 1.807) is 6.92 Å². The molecule has 0 spiro atoms. The van der Waals surface area contributed by atoms with E-state index in [-0.39, 0.29) is 30.0 Å². The van der Waals surface area contributed by atoms with E-state index in [1.165, 1.54) is 6.20 Å². The molecule has 0 aromatic carbocycles. The lowest BCUT2D eigenvalue weighted by Gasteiger charge is -1.98. The Morgan fingerprint density at radius 3 is 2.94 bits per heavy atom. The average molecular weight is 249 g/mol. The molecule has 1 heterocycles. The van der Waals surface area contributed by atoms with E-state index in [2.05, 4.69) is 21.6 Å². The molecule has 0 aliphatic carbocycles. The van der Waals surface area contributed by atoms with E-state index < -0.39 is 10.9 Å². The second-order valence-electron chi connectivity index (χ2n) is 3.16. The van der Waals surface area contributed by atoms with Crippen molar-refractivity contribution in [2.24, 2.45) is 0 Å². The molecule has 7 nitrogen and oxygen atoms in total. The molecule has 0 bridgehead atoms. The summed E-state index contributed by atoms with van der Waals surface area (Å²) in [4.78, 5) is 24.6. The van der Waals surface area contributed by atoms with Gasteiger partial charge in [-0.05, 0) is 6.92 Å². The molecule has 1 rings (SSSR count). The van der Waals surface area contributed by atoms with Crippen molar-refractivity contribution in [3.05, 3.63) is 28.1 Å². The highest BCUT2D eigenvalue weighted by Crippen LogP contribution is 2.22. The molecule has 0 amide bonds. The van der Waals surface area contributed by atoms with Crippen molar-refractivity contribution < 1.29 is 14.5 Å². The zero-order valence-electron chi connectivity index (χ0n) is 9.67. The standard InChI is InChI=1S/C11H11N3O4/c1-2-18-10(15)5-3-4-8-6-13-7-9(11(8)12)14(16)17/h6-7H,2,5H2,1H3,(H2,12,13). The lowest BCUT2D eigenvalue weighted by atomic mass is 10.2. The zero-order chi connectivity index (χ0) is 13.5. The maximum atomic E-state index is 11.0. The Morgan fingerprint density at radius 2 is 2.33 bits per heavy atom. The van der Waals surface area contributed by atoms with Crippen molar-refractivity contribution in [3.8, 4) is 11.8 Å². The highest BCUT2D eigenvalue weighted by molar-refractivity contribution is 5.73. The largest absolute Gasteiger partial charge is 0.465 e. The average Bonchev–Trinajstić information content (AvgIpc) is 2.31. The summed E-state index contributed by atoms with van der Waals surface area (Å²) in [6.07, 6.45) is 2.25. The number of nitrogens with two attached hydrogens (primary N) is 1. The maximum absolute atomic E-state index is 11.0. The van der Waals surface area contributed by atoms with Crippen LogP contribution in [0, 0.1) is 22.0 Å². The molecule has 1 aromatic rings. The number of anilines is 1. The van der Waals surface area contributed by atoms with Crippen LogP contribution in [0.3, 0.4) is 0 Å². The Balaban J connectivity index is 2.86. The fourth-order valence-corrected chi connectivity index (χ4v) is 1.13. The van der Waals surface area contributed by atoms with Gasteiger partial charge in [0.1, 0.15) is 18.3 Å². The minimum absolute atomic E-state index is 0.0636. The van der Waals surface area contributed by atoms with Gasteiger partial charge in [-0.15, -0.1) is 0 Å². The molecule has 0 radical (unpaired) electrons. The molecule has 1 aromatic heterocycles. The third-order valence-corrected chi connectivity index (χ3v) is 1.92. The minimum Gasteiger partial charge on any atom is -0.465 e. The van der Waals surface area contributed by atoms with Crippen molar-refractivity contribution in [2.75, 3.05) is 12.3 Å². The van der Waals surface area contributed by atoms with Crippen LogP contribution in [0.15, 0.2) is 12.4 Å². The van der Waals surface area contributed by atoms with E-state index in [9.17, 15) is 14.9 Å². The molecule has 94 valence electrons. The molecular weight excluding hydrogens is 238 g/mol. The second kappa shape index (κ2) is 6.20. The quantitative estimate of drug-likeness (QED) is 0.368. The van der Waals surface area contributed by atoms with Crippen LogP contribution in [0.2, 0.25) is 0 Å². The maximum Gasteiger partial charge on any atom is 0.317 e. The van der Waals surface area contributed by atoms with Gasteiger partial charge < -0.3 is 10.5 Å². The molecule has 0 saturated carbocycles. The van der Waals surface area contributed by atoms with Gasteiger partial charge in [0.05, 0.1) is 17.1 Å². The lowest BCUT2D eigenvalue weighted by Crippen LogP contribution is -2.02. The summed E-state index contributed by atoms with van der Waals surface area (Å²) < 4.78 is 4.68. The number of nitro groups is 1. The number of carbonyl (C=O) groups is 1. The van der Waals surface area contributed by atoms with Crippen LogP contribution in [0.4, 0.5) is 11.4 Å². The first kappa shape index (κ1) is 13.4. The molecule has 0 fully saturated rings. The van der Waals surface area contributed by atoms with Gasteiger partial charge in [0.25, 0.3) is 0 Å². The SMILES string of the molecule is CCOC(=O)CC#Cc1cncc([N+](=O)[O-])c1N. The second-order valence-corrected chi connectivity index (χ2v) is 3.16. The number of hydrogen-bond acceptors (Lipinski definition) is 6. The number of pyridine rings is 1. The summed E-state index contributed by atoms with van der Waals surface area (Å²) >= 11 is 0. The Morgan fingerprint density at radius 1 is 1.61 bits per heavy atom. The lowest BCUT2D eigenvalue weighted by molar-refractivity contribution is -0.384. The van der Waals surface area contributed by atoms with Crippen LogP contribution in [-0.2, 0) is 9.53 Å². The van der Waals surface area contributed by atoms with Crippen LogP contribution < -0.4 is 5.73 Å². The summed E-state index contributed by atoms with van der Waals surface area (Å²) in [6, 6.07) is 0. The molecule has 0 saturated heterocycles. The van der Waals surface area contributed by atoms with Crippen molar-refractivity contribution in [3.63, 3.8) is 0 Å². The molecule has 0 aliphatic rings. The molecule has 18 heavy (non-hydrogen) atoms. The number of nitrogens with zero attached hydrogens (tertiary/aromatic N) is 2. The third kappa shape index (κ3) is 3.45. The number of hydrogen-bond donors (Lipinski definition) is 1. The van der Waals surface area contributed by atoms with E-state index in [0.717, 1.165) is 6.20 Å². The Labute approximate surface area is 103 Å². The first-order chi connectivity index (χ1) is 8.56. The Kier molecular flexibility index (Phi) is 4.63. The van der Waals surface area contributed by atoms with Crippen LogP contribution in [-0.4, -0.2) is 22.5 Å². The Bertz CT molecular complexity index is 531. The molecule has 0 aliphatic heterocycles. The summed E-state index contributed by atoms with van der Waals surface area (Å²) in [5.41, 5.74) is 5.40. The van der Waals surface area contributed by atoms with E-state index >= 15 is 0 Å². The first-order valence-corrected chi connectivity index (χ1v) is 5.08. The van der Waals surface area contributed by atoms with Gasteiger partial charge in [0.15, 0.2) is 0 Å². The number of aromatic nitrogens is 1. The highest BCUT2D eigenvalue weighted by Gasteiger charge is 2.13. The van der Waals surface area contributed by atoms with Crippen molar-refractivity contribution in [1.82, 2.24) is 4.98 Å². The predicted octanol–water partition coefficient (Wildman–Crippen LogP) is 0.877. The van der Waals surface area contributed by atoms with Crippen LogP contribution >= 0.6 is 0 Å². The molecular formula is C11H11N3O4. The number of ether oxygens (including phenoxy) is 1. The first-order valence-electron chi connectivity index (χ1n) is 5.08. The Hall–Kier alpha value is -2.62. The molecule has 2 N–H and O–H groups in total. The van der Waals surface area contributed by atoms with Crippen LogP contribution in [0.25, 0.3) is 0 Å². The van der Waals surface area contributed by atoms with Crippen molar-refractivity contribution >= 4 is 17.3 Å². The summed E-state index contributed by atoms with van der Waals surface area (Å²) in [7, 11) is 0. The number of esters is 1. The normalized spacial score (nSPS) is 9.17. The predicted molar refractivity (Wildman–Crippen MR) is 63.4 cm³/mol. The number of rotatable bonds is 3. The number of nitrogen functional groups attached to an aromatic ring is 1.